The van der Waals surface area contributed by atoms with Crippen LogP contribution in [0.4, 0.5) is 5.95 Å². The molecule has 0 fully saturated rings. The number of nitrogens with zero attached hydrogens (tertiary/aromatic N) is 2. The zero-order valence-electron chi connectivity index (χ0n) is 14.2. The van der Waals surface area contributed by atoms with Crippen LogP contribution in [0.15, 0.2) is 23.2 Å². The summed E-state index contributed by atoms with van der Waals surface area (Å²) in [5.74, 6) is 0.253. The molecule has 0 spiro atoms. The molecule has 4 N–H and O–H groups in total. The summed E-state index contributed by atoms with van der Waals surface area (Å²) in [4.78, 5) is 32.7. The number of nitrogens with two attached hydrogens (primary N) is 1. The van der Waals surface area contributed by atoms with Gasteiger partial charge in [0.2, 0.25) is 11.9 Å². The molecule has 1 aromatic carbocycles. The van der Waals surface area contributed by atoms with E-state index < -0.39 is 0 Å². The van der Waals surface area contributed by atoms with E-state index in [0.29, 0.717) is 58.6 Å². The van der Waals surface area contributed by atoms with Crippen LogP contribution in [0.1, 0.15) is 23.2 Å². The summed E-state index contributed by atoms with van der Waals surface area (Å²) in [5, 5.41) is 6.82. The number of hydrogen-bond donors (Lipinski definition) is 3. The van der Waals surface area contributed by atoms with Gasteiger partial charge in [-0.15, -0.1) is 11.8 Å². The highest BCUT2D eigenvalue weighted by molar-refractivity contribution is 7.99. The quantitative estimate of drug-likeness (QED) is 0.559. The fourth-order valence-electron chi connectivity index (χ4n) is 2.52. The van der Waals surface area contributed by atoms with Crippen LogP contribution in [0, 0.1) is 0 Å². The van der Waals surface area contributed by atoms with E-state index in [1.807, 2.05) is 0 Å². The highest BCUT2D eigenvalue weighted by Crippen LogP contribution is 2.33. The van der Waals surface area contributed by atoms with Crippen molar-refractivity contribution in [1.82, 2.24) is 20.6 Å². The standard InChI is InChI=1S/C17H17Cl2N5O2S/c18-11-7-12(19)10-6-9(11)13-8-15(24-17(20)23-13)27-5-2-14(25)21-3-1-4-22-16(10)26/h6-8H,1-5H2,(H,21,25)(H,22,26)(H2,20,23,24). The molecule has 1 aromatic heterocycles. The van der Waals surface area contributed by atoms with Crippen molar-refractivity contribution in [2.45, 2.75) is 17.9 Å². The van der Waals surface area contributed by atoms with E-state index in [1.54, 1.807) is 12.1 Å². The topological polar surface area (TPSA) is 110 Å². The minimum Gasteiger partial charge on any atom is -0.368 e. The molecule has 4 bridgehead atoms. The summed E-state index contributed by atoms with van der Waals surface area (Å²) in [6, 6.07) is 4.84. The number of nitrogens with one attached hydrogen (secondary N) is 2. The Morgan fingerprint density at radius 1 is 1.00 bits per heavy atom. The largest absolute Gasteiger partial charge is 0.368 e. The van der Waals surface area contributed by atoms with Crippen LogP contribution < -0.4 is 16.4 Å². The third kappa shape index (κ3) is 5.03. The lowest BCUT2D eigenvalue weighted by molar-refractivity contribution is -0.120. The fraction of sp³-hybridized carbons (Fsp3) is 0.294. The highest BCUT2D eigenvalue weighted by Gasteiger charge is 2.17. The molecular formula is C17H17Cl2N5O2S. The van der Waals surface area contributed by atoms with E-state index in [2.05, 4.69) is 20.6 Å². The van der Waals surface area contributed by atoms with Crippen molar-refractivity contribution in [3.05, 3.63) is 33.8 Å². The van der Waals surface area contributed by atoms with Gasteiger partial charge in [0.15, 0.2) is 0 Å². The van der Waals surface area contributed by atoms with Crippen LogP contribution in [0.2, 0.25) is 10.0 Å². The van der Waals surface area contributed by atoms with Gasteiger partial charge in [-0.05, 0) is 24.6 Å². The lowest BCUT2D eigenvalue weighted by Crippen LogP contribution is -2.30. The first-order valence-corrected chi connectivity index (χ1v) is 10.00. The third-order valence-corrected chi connectivity index (χ3v) is 5.38. The molecule has 142 valence electrons. The zero-order chi connectivity index (χ0) is 19.4. The number of aromatic nitrogens is 2. The van der Waals surface area contributed by atoms with Crippen LogP contribution >= 0.6 is 35.0 Å². The van der Waals surface area contributed by atoms with Gasteiger partial charge < -0.3 is 16.4 Å². The molecule has 1 aliphatic rings. The van der Waals surface area contributed by atoms with E-state index in [0.717, 1.165) is 0 Å². The number of amides is 2. The number of rotatable bonds is 0. The first-order chi connectivity index (χ1) is 12.9. The molecule has 0 atom stereocenters. The summed E-state index contributed by atoms with van der Waals surface area (Å²) in [6.45, 7) is 0.890. The van der Waals surface area contributed by atoms with Gasteiger partial charge >= 0.3 is 0 Å². The Kier molecular flexibility index (Phi) is 6.41. The van der Waals surface area contributed by atoms with E-state index >= 15 is 0 Å². The monoisotopic (exact) mass is 425 g/mol. The predicted octanol–water partition coefficient (Wildman–Crippen LogP) is 2.76. The van der Waals surface area contributed by atoms with Crippen molar-refractivity contribution >= 4 is 52.7 Å². The molecule has 2 aromatic rings. The number of anilines is 1. The minimum absolute atomic E-state index is 0.0560. The normalized spacial score (nSPS) is 15.8. The number of thioether (sulfide) groups is 1. The van der Waals surface area contributed by atoms with Gasteiger partial charge in [0.05, 0.1) is 21.3 Å². The van der Waals surface area contributed by atoms with Gasteiger partial charge in [-0.1, -0.05) is 23.2 Å². The van der Waals surface area contributed by atoms with Crippen molar-refractivity contribution in [3.8, 4) is 11.3 Å². The zero-order valence-corrected chi connectivity index (χ0v) is 16.5. The second-order valence-corrected chi connectivity index (χ2v) is 7.75. The van der Waals surface area contributed by atoms with E-state index in [-0.39, 0.29) is 22.8 Å². The number of fused-ring (bicyclic) bond motifs is 5. The van der Waals surface area contributed by atoms with E-state index in [1.165, 1.54) is 17.8 Å². The molecule has 0 unspecified atom stereocenters. The molecule has 1 aliphatic heterocycles. The van der Waals surface area contributed by atoms with Crippen molar-refractivity contribution in [1.29, 1.82) is 0 Å². The molecule has 7 nitrogen and oxygen atoms in total. The number of halogens is 2. The molecular weight excluding hydrogens is 409 g/mol. The number of benzene rings is 1. The van der Waals surface area contributed by atoms with Gasteiger partial charge in [0, 0.05) is 30.8 Å². The Hall–Kier alpha value is -2.03. The van der Waals surface area contributed by atoms with Crippen LogP contribution in [-0.2, 0) is 4.79 Å². The molecule has 0 saturated heterocycles. The van der Waals surface area contributed by atoms with Gasteiger partial charge in [-0.2, -0.15) is 0 Å². The maximum absolute atomic E-state index is 12.5. The lowest BCUT2D eigenvalue weighted by atomic mass is 10.1. The van der Waals surface area contributed by atoms with Crippen molar-refractivity contribution in [3.63, 3.8) is 0 Å². The molecule has 2 amide bonds. The fourth-order valence-corrected chi connectivity index (χ4v) is 3.94. The Bertz CT molecular complexity index is 894. The Balaban J connectivity index is 2.03. The molecule has 0 saturated carbocycles. The Labute approximate surface area is 170 Å². The van der Waals surface area contributed by atoms with Crippen molar-refractivity contribution < 1.29 is 9.59 Å². The average Bonchev–Trinajstić information content (AvgIpc) is 2.60. The van der Waals surface area contributed by atoms with Crippen molar-refractivity contribution in [2.24, 2.45) is 0 Å². The highest BCUT2D eigenvalue weighted by atomic mass is 35.5. The molecule has 2 heterocycles. The second kappa shape index (κ2) is 8.77. The van der Waals surface area contributed by atoms with E-state index in [9.17, 15) is 9.59 Å². The number of carbonyl (C=O) groups excluding carboxylic acids is 2. The maximum Gasteiger partial charge on any atom is 0.252 e. The van der Waals surface area contributed by atoms with Crippen LogP contribution in [-0.4, -0.2) is 40.6 Å². The minimum atomic E-state index is -0.326. The van der Waals surface area contributed by atoms with Gasteiger partial charge in [-0.3, -0.25) is 9.59 Å². The molecule has 0 aliphatic carbocycles. The number of carbonyl (C=O) groups is 2. The Morgan fingerprint density at radius 2 is 1.74 bits per heavy atom. The first-order valence-electron chi connectivity index (χ1n) is 8.25. The summed E-state index contributed by atoms with van der Waals surface area (Å²) in [5.41, 5.74) is 7.13. The third-order valence-electron chi connectivity index (χ3n) is 3.84. The smallest absolute Gasteiger partial charge is 0.252 e. The summed E-state index contributed by atoms with van der Waals surface area (Å²) in [6.07, 6.45) is 0.962. The summed E-state index contributed by atoms with van der Waals surface area (Å²) >= 11 is 13.9. The molecule has 27 heavy (non-hydrogen) atoms. The molecule has 10 heteroatoms. The number of hydrogen-bond acceptors (Lipinski definition) is 6. The van der Waals surface area contributed by atoms with Gasteiger partial charge in [0.25, 0.3) is 5.91 Å². The second-order valence-electron chi connectivity index (χ2n) is 5.82. The first kappa shape index (κ1) is 19.7. The molecule has 0 radical (unpaired) electrons. The van der Waals surface area contributed by atoms with Crippen LogP contribution in [0.3, 0.4) is 0 Å². The SMILES string of the molecule is Nc1nc2cc(n1)-c1cc(c(Cl)cc1Cl)C(=O)NCCCNC(=O)CCS2. The number of nitrogen functional groups attached to an aromatic ring is 1. The lowest BCUT2D eigenvalue weighted by Gasteiger charge is -2.12. The van der Waals surface area contributed by atoms with Crippen molar-refractivity contribution in [2.75, 3.05) is 24.6 Å². The van der Waals surface area contributed by atoms with Crippen LogP contribution in [0.25, 0.3) is 11.3 Å². The Morgan fingerprint density at radius 3 is 2.56 bits per heavy atom. The van der Waals surface area contributed by atoms with E-state index in [4.69, 9.17) is 28.9 Å². The van der Waals surface area contributed by atoms with Gasteiger partial charge in [0.1, 0.15) is 5.03 Å². The molecule has 3 rings (SSSR count). The van der Waals surface area contributed by atoms with Gasteiger partial charge in [-0.25, -0.2) is 9.97 Å². The van der Waals surface area contributed by atoms with Crippen LogP contribution in [0.5, 0.6) is 0 Å². The summed E-state index contributed by atoms with van der Waals surface area (Å²) in [7, 11) is 0. The average molecular weight is 426 g/mol. The predicted molar refractivity (Wildman–Crippen MR) is 107 cm³/mol. The maximum atomic E-state index is 12.5. The summed E-state index contributed by atoms with van der Waals surface area (Å²) < 4.78 is 0.